The highest BCUT2D eigenvalue weighted by Crippen LogP contribution is 2.20. The van der Waals surface area contributed by atoms with Crippen LogP contribution in [0.15, 0.2) is 18.2 Å². The molecule has 4 nitrogen and oxygen atoms in total. The fraction of sp³-hybridized carbons (Fsp3) is 0.111. The maximum absolute atomic E-state index is 11.4. The van der Waals surface area contributed by atoms with Gasteiger partial charge in [0.1, 0.15) is 0 Å². The van der Waals surface area contributed by atoms with E-state index in [1.54, 1.807) is 12.1 Å². The number of imide groups is 1. The molecule has 0 spiro atoms. The summed E-state index contributed by atoms with van der Waals surface area (Å²) in [5.41, 5.74) is 1.07. The monoisotopic (exact) mass is 303 g/mol. The normalized spacial score (nSPS) is 15.7. The van der Waals surface area contributed by atoms with Gasteiger partial charge < -0.3 is 0 Å². The molecule has 2 rings (SSSR count). The Balaban J connectivity index is 2.57. The van der Waals surface area contributed by atoms with Crippen LogP contribution in [-0.4, -0.2) is 22.1 Å². The first kappa shape index (κ1) is 9.60. The molecule has 0 fully saturated rings. The predicted molar refractivity (Wildman–Crippen MR) is 55.8 cm³/mol. The van der Waals surface area contributed by atoms with Crippen LogP contribution in [0.5, 0.6) is 0 Å². The lowest BCUT2D eigenvalue weighted by atomic mass is 10.00. The molecule has 0 bridgehead atoms. The van der Waals surface area contributed by atoms with Crippen molar-refractivity contribution in [3.05, 3.63) is 32.9 Å². The molecular formula is C9H6INO3. The van der Waals surface area contributed by atoms with Crippen LogP contribution < -0.4 is 0 Å². The molecule has 0 saturated carbocycles. The summed E-state index contributed by atoms with van der Waals surface area (Å²) < 4.78 is 0.900. The van der Waals surface area contributed by atoms with Gasteiger partial charge in [0.05, 0.1) is 6.42 Å². The third kappa shape index (κ3) is 1.42. The van der Waals surface area contributed by atoms with Gasteiger partial charge in [-0.1, -0.05) is 6.07 Å². The van der Waals surface area contributed by atoms with E-state index in [9.17, 15) is 9.59 Å². The molecule has 2 amide bonds. The first-order chi connectivity index (χ1) is 6.59. The number of hydroxylamine groups is 2. The van der Waals surface area contributed by atoms with Crippen LogP contribution in [0.2, 0.25) is 0 Å². The van der Waals surface area contributed by atoms with E-state index in [0.29, 0.717) is 11.1 Å². The first-order valence-electron chi connectivity index (χ1n) is 3.94. The fourth-order valence-electron chi connectivity index (χ4n) is 1.37. The van der Waals surface area contributed by atoms with Crippen molar-refractivity contribution in [2.75, 3.05) is 0 Å². The van der Waals surface area contributed by atoms with Crippen LogP contribution in [0, 0.1) is 3.57 Å². The Morgan fingerprint density at radius 1 is 1.36 bits per heavy atom. The third-order valence-corrected chi connectivity index (χ3v) is 2.74. The highest BCUT2D eigenvalue weighted by atomic mass is 127. The Morgan fingerprint density at radius 2 is 2.07 bits per heavy atom. The Bertz CT molecular complexity index is 430. The number of benzene rings is 1. The van der Waals surface area contributed by atoms with Gasteiger partial charge in [0.15, 0.2) is 0 Å². The molecule has 1 N–H and O–H groups in total. The maximum Gasteiger partial charge on any atom is 0.284 e. The SMILES string of the molecule is O=C1Cc2ccc(I)cc2C(=O)N1O. The van der Waals surface area contributed by atoms with E-state index in [2.05, 4.69) is 22.6 Å². The van der Waals surface area contributed by atoms with E-state index in [1.165, 1.54) is 0 Å². The van der Waals surface area contributed by atoms with Crippen molar-refractivity contribution in [2.45, 2.75) is 6.42 Å². The molecule has 0 saturated heterocycles. The van der Waals surface area contributed by atoms with Crippen molar-refractivity contribution in [1.82, 2.24) is 5.06 Å². The highest BCUT2D eigenvalue weighted by molar-refractivity contribution is 14.1. The van der Waals surface area contributed by atoms with Gasteiger partial charge in [-0.15, -0.1) is 0 Å². The second kappa shape index (κ2) is 3.32. The molecule has 1 aromatic carbocycles. The van der Waals surface area contributed by atoms with Crippen LogP contribution in [0.4, 0.5) is 0 Å². The second-order valence-electron chi connectivity index (χ2n) is 2.99. The molecule has 1 heterocycles. The molecule has 72 valence electrons. The van der Waals surface area contributed by atoms with Crippen molar-refractivity contribution in [3.8, 4) is 0 Å². The topological polar surface area (TPSA) is 57.6 Å². The summed E-state index contributed by atoms with van der Waals surface area (Å²) in [7, 11) is 0. The molecule has 14 heavy (non-hydrogen) atoms. The standard InChI is InChI=1S/C9H6INO3/c10-6-2-1-5-3-8(12)11(14)9(13)7(5)4-6/h1-2,4,14H,3H2. The first-order valence-corrected chi connectivity index (χ1v) is 5.02. The smallest absolute Gasteiger partial charge is 0.278 e. The molecule has 0 radical (unpaired) electrons. The van der Waals surface area contributed by atoms with Gasteiger partial charge in [-0.2, -0.15) is 5.06 Å². The summed E-state index contributed by atoms with van der Waals surface area (Å²) in [6.45, 7) is 0. The summed E-state index contributed by atoms with van der Waals surface area (Å²) in [5.74, 6) is -1.22. The lowest BCUT2D eigenvalue weighted by Gasteiger charge is -2.20. The van der Waals surface area contributed by atoms with Crippen LogP contribution in [0.1, 0.15) is 15.9 Å². The van der Waals surface area contributed by atoms with Crippen LogP contribution >= 0.6 is 22.6 Å². The molecular weight excluding hydrogens is 297 g/mol. The van der Waals surface area contributed by atoms with Crippen molar-refractivity contribution < 1.29 is 14.8 Å². The predicted octanol–water partition coefficient (Wildman–Crippen LogP) is 1.21. The number of rotatable bonds is 0. The molecule has 0 unspecified atom stereocenters. The Morgan fingerprint density at radius 3 is 2.79 bits per heavy atom. The highest BCUT2D eigenvalue weighted by Gasteiger charge is 2.29. The van der Waals surface area contributed by atoms with Gasteiger partial charge in [-0.05, 0) is 40.3 Å². The summed E-state index contributed by atoms with van der Waals surface area (Å²) in [5, 5.41) is 9.29. The lowest BCUT2D eigenvalue weighted by Crippen LogP contribution is -2.39. The molecule has 0 atom stereocenters. The fourth-order valence-corrected chi connectivity index (χ4v) is 1.86. The average Bonchev–Trinajstić information content (AvgIpc) is 2.16. The molecule has 0 aliphatic carbocycles. The van der Waals surface area contributed by atoms with E-state index in [-0.39, 0.29) is 11.5 Å². The Kier molecular flexibility index (Phi) is 2.28. The van der Waals surface area contributed by atoms with Crippen molar-refractivity contribution in [3.63, 3.8) is 0 Å². The van der Waals surface area contributed by atoms with Gasteiger partial charge in [-0.3, -0.25) is 14.8 Å². The van der Waals surface area contributed by atoms with E-state index in [0.717, 1.165) is 3.57 Å². The number of hydrogen-bond donors (Lipinski definition) is 1. The minimum Gasteiger partial charge on any atom is -0.278 e. The Hall–Kier alpha value is -0.950. The third-order valence-electron chi connectivity index (χ3n) is 2.07. The quantitative estimate of drug-likeness (QED) is 0.445. The van der Waals surface area contributed by atoms with E-state index < -0.39 is 11.8 Å². The van der Waals surface area contributed by atoms with E-state index >= 15 is 0 Å². The average molecular weight is 303 g/mol. The van der Waals surface area contributed by atoms with Gasteiger partial charge in [0.25, 0.3) is 11.8 Å². The zero-order chi connectivity index (χ0) is 10.3. The number of carbonyl (C=O) groups is 2. The molecule has 1 aliphatic rings. The second-order valence-corrected chi connectivity index (χ2v) is 4.23. The molecule has 1 aliphatic heterocycles. The van der Waals surface area contributed by atoms with Crippen LogP contribution in [0.25, 0.3) is 0 Å². The molecule has 1 aromatic rings. The van der Waals surface area contributed by atoms with Crippen LogP contribution in [-0.2, 0) is 11.2 Å². The minimum absolute atomic E-state index is 0.0779. The number of fused-ring (bicyclic) bond motifs is 1. The summed E-state index contributed by atoms with van der Waals surface area (Å²) in [4.78, 5) is 22.5. The number of nitrogens with zero attached hydrogens (tertiary/aromatic N) is 1. The lowest BCUT2D eigenvalue weighted by molar-refractivity contribution is -0.153. The summed E-state index contributed by atoms with van der Waals surface area (Å²) in [6.07, 6.45) is 0.0779. The Labute approximate surface area is 93.6 Å². The molecule has 0 aromatic heterocycles. The van der Waals surface area contributed by atoms with Gasteiger partial charge >= 0.3 is 0 Å². The van der Waals surface area contributed by atoms with Crippen molar-refractivity contribution in [2.24, 2.45) is 0 Å². The maximum atomic E-state index is 11.4. The van der Waals surface area contributed by atoms with Crippen molar-refractivity contribution in [1.29, 1.82) is 0 Å². The van der Waals surface area contributed by atoms with E-state index in [4.69, 9.17) is 5.21 Å². The minimum atomic E-state index is -0.644. The number of hydrogen-bond acceptors (Lipinski definition) is 3. The van der Waals surface area contributed by atoms with Crippen LogP contribution in [0.3, 0.4) is 0 Å². The van der Waals surface area contributed by atoms with Gasteiger partial charge in [0.2, 0.25) is 0 Å². The zero-order valence-corrected chi connectivity index (χ0v) is 9.19. The van der Waals surface area contributed by atoms with E-state index in [1.807, 2.05) is 6.07 Å². The van der Waals surface area contributed by atoms with Gasteiger partial charge in [0, 0.05) is 9.13 Å². The summed E-state index contributed by atoms with van der Waals surface area (Å²) >= 11 is 2.07. The summed E-state index contributed by atoms with van der Waals surface area (Å²) in [6, 6.07) is 5.22. The van der Waals surface area contributed by atoms with Gasteiger partial charge in [-0.25, -0.2) is 0 Å². The zero-order valence-electron chi connectivity index (χ0n) is 7.03. The van der Waals surface area contributed by atoms with Crippen molar-refractivity contribution >= 4 is 34.4 Å². The number of halogens is 1. The number of carbonyl (C=O) groups excluding carboxylic acids is 2. The largest absolute Gasteiger partial charge is 0.284 e. The number of amides is 2. The molecule has 5 heteroatoms.